The van der Waals surface area contributed by atoms with Crippen LogP contribution in [0.2, 0.25) is 0 Å². The molecule has 0 radical (unpaired) electrons. The van der Waals surface area contributed by atoms with Crippen molar-refractivity contribution in [3.05, 3.63) is 71.4 Å². The molecule has 0 aliphatic heterocycles. The third kappa shape index (κ3) is 4.96. The van der Waals surface area contributed by atoms with Gasteiger partial charge in [0.05, 0.1) is 6.61 Å². The smallest absolute Gasteiger partial charge is 0.267 e. The van der Waals surface area contributed by atoms with Gasteiger partial charge in [-0.1, -0.05) is 30.3 Å². The zero-order valence-electron chi connectivity index (χ0n) is 12.9. The summed E-state index contributed by atoms with van der Waals surface area (Å²) in [5.74, 6) is -0.826. The average Bonchev–Trinajstić information content (AvgIpc) is 2.61. The zero-order chi connectivity index (χ0) is 17.4. The lowest BCUT2D eigenvalue weighted by atomic mass is 10.1. The highest BCUT2D eigenvalue weighted by Crippen LogP contribution is 2.12. The first-order valence-corrected chi connectivity index (χ1v) is 7.36. The van der Waals surface area contributed by atoms with E-state index in [2.05, 4.69) is 10.6 Å². The molecule has 0 aliphatic rings. The Kier molecular flexibility index (Phi) is 6.10. The Balaban J connectivity index is 2.23. The zero-order valence-corrected chi connectivity index (χ0v) is 12.9. The number of rotatable bonds is 6. The quantitative estimate of drug-likeness (QED) is 0.601. The number of aromatic hydroxyl groups is 1. The summed E-state index contributed by atoms with van der Waals surface area (Å²) in [6.45, 7) is -0.127. The molecule has 0 atom stereocenters. The molecule has 2 rings (SSSR count). The van der Waals surface area contributed by atoms with Gasteiger partial charge in [-0.25, -0.2) is 0 Å². The van der Waals surface area contributed by atoms with Crippen molar-refractivity contribution in [3.8, 4) is 5.75 Å². The molecule has 0 aliphatic carbocycles. The van der Waals surface area contributed by atoms with Crippen LogP contribution >= 0.6 is 0 Å². The minimum Gasteiger partial charge on any atom is -0.508 e. The number of carbonyl (C=O) groups is 2. The number of hydrogen-bond donors (Lipinski definition) is 4. The summed E-state index contributed by atoms with van der Waals surface area (Å²) in [5, 5.41) is 23.2. The molecule has 2 aromatic carbocycles. The van der Waals surface area contributed by atoms with Crippen LogP contribution in [0.1, 0.15) is 15.9 Å². The Morgan fingerprint density at radius 1 is 1.00 bits per heavy atom. The second-order valence-corrected chi connectivity index (χ2v) is 4.95. The molecular weight excluding hydrogens is 308 g/mol. The minimum absolute atomic E-state index is 0.0444. The second kappa shape index (κ2) is 8.50. The van der Waals surface area contributed by atoms with Crippen molar-refractivity contribution in [3.63, 3.8) is 0 Å². The highest BCUT2D eigenvalue weighted by atomic mass is 16.3. The van der Waals surface area contributed by atoms with Crippen molar-refractivity contribution in [2.45, 2.75) is 0 Å². The van der Waals surface area contributed by atoms with Crippen molar-refractivity contribution in [2.75, 3.05) is 13.2 Å². The number of carbonyl (C=O) groups excluding carboxylic acids is 2. The molecule has 0 fully saturated rings. The topological polar surface area (TPSA) is 98.7 Å². The number of phenols is 1. The van der Waals surface area contributed by atoms with Crippen molar-refractivity contribution >= 4 is 17.9 Å². The molecule has 0 saturated carbocycles. The van der Waals surface area contributed by atoms with Gasteiger partial charge in [-0.05, 0) is 35.9 Å². The normalized spacial score (nSPS) is 11.0. The van der Waals surface area contributed by atoms with Gasteiger partial charge in [0.2, 0.25) is 0 Å². The van der Waals surface area contributed by atoms with Crippen molar-refractivity contribution in [1.82, 2.24) is 10.6 Å². The molecule has 24 heavy (non-hydrogen) atoms. The van der Waals surface area contributed by atoms with Gasteiger partial charge in [-0.15, -0.1) is 0 Å². The summed E-state index contributed by atoms with van der Waals surface area (Å²) >= 11 is 0. The summed E-state index contributed by atoms with van der Waals surface area (Å²) in [6, 6.07) is 14.7. The Bertz CT molecular complexity index is 724. The Labute approximate surface area is 139 Å². The molecule has 6 nitrogen and oxygen atoms in total. The average molecular weight is 326 g/mol. The van der Waals surface area contributed by atoms with E-state index in [9.17, 15) is 14.7 Å². The van der Waals surface area contributed by atoms with E-state index in [1.165, 1.54) is 18.2 Å². The fourth-order valence-electron chi connectivity index (χ4n) is 1.94. The van der Waals surface area contributed by atoms with E-state index in [0.717, 1.165) is 0 Å². The van der Waals surface area contributed by atoms with Crippen LogP contribution in [0, 0.1) is 0 Å². The molecule has 2 aromatic rings. The van der Waals surface area contributed by atoms with Crippen LogP contribution in [-0.4, -0.2) is 35.2 Å². The largest absolute Gasteiger partial charge is 0.508 e. The first-order chi connectivity index (χ1) is 11.6. The van der Waals surface area contributed by atoms with Gasteiger partial charge in [0.25, 0.3) is 11.8 Å². The van der Waals surface area contributed by atoms with E-state index in [4.69, 9.17) is 5.11 Å². The van der Waals surface area contributed by atoms with E-state index < -0.39 is 11.8 Å². The molecule has 4 N–H and O–H groups in total. The van der Waals surface area contributed by atoms with Crippen LogP contribution in [0.3, 0.4) is 0 Å². The van der Waals surface area contributed by atoms with Crippen LogP contribution in [0.25, 0.3) is 6.08 Å². The number of aliphatic hydroxyl groups excluding tert-OH is 1. The van der Waals surface area contributed by atoms with E-state index in [1.54, 1.807) is 42.5 Å². The number of hydrogen-bond acceptors (Lipinski definition) is 4. The minimum atomic E-state index is -0.513. The van der Waals surface area contributed by atoms with Gasteiger partial charge in [0, 0.05) is 12.1 Å². The summed E-state index contributed by atoms with van der Waals surface area (Å²) in [7, 11) is 0. The lowest BCUT2D eigenvalue weighted by Crippen LogP contribution is -2.36. The van der Waals surface area contributed by atoms with Crippen LogP contribution in [0.4, 0.5) is 0 Å². The highest BCUT2D eigenvalue weighted by Gasteiger charge is 2.14. The number of amides is 2. The lowest BCUT2D eigenvalue weighted by Gasteiger charge is -2.10. The van der Waals surface area contributed by atoms with Gasteiger partial charge in [0.15, 0.2) is 0 Å². The van der Waals surface area contributed by atoms with E-state index in [0.29, 0.717) is 11.1 Å². The molecular formula is C18H18N2O4. The summed E-state index contributed by atoms with van der Waals surface area (Å²) < 4.78 is 0. The van der Waals surface area contributed by atoms with Crippen LogP contribution in [0.5, 0.6) is 5.75 Å². The maximum Gasteiger partial charge on any atom is 0.267 e. The maximum absolute atomic E-state index is 12.3. The molecule has 2 amide bonds. The third-order valence-electron chi connectivity index (χ3n) is 3.13. The Morgan fingerprint density at radius 2 is 1.67 bits per heavy atom. The fraction of sp³-hybridized carbons (Fsp3) is 0.111. The van der Waals surface area contributed by atoms with E-state index in [-0.39, 0.29) is 24.6 Å². The predicted octanol–water partition coefficient (Wildman–Crippen LogP) is 1.27. The summed E-state index contributed by atoms with van der Waals surface area (Å²) in [4.78, 5) is 24.4. The van der Waals surface area contributed by atoms with Crippen molar-refractivity contribution in [1.29, 1.82) is 0 Å². The molecule has 0 unspecified atom stereocenters. The number of nitrogens with one attached hydrogen (secondary N) is 2. The van der Waals surface area contributed by atoms with E-state index >= 15 is 0 Å². The highest BCUT2D eigenvalue weighted by molar-refractivity contribution is 6.05. The van der Waals surface area contributed by atoms with Crippen LogP contribution in [-0.2, 0) is 4.79 Å². The Hall–Kier alpha value is -3.12. The second-order valence-electron chi connectivity index (χ2n) is 4.95. The van der Waals surface area contributed by atoms with Gasteiger partial charge < -0.3 is 20.8 Å². The first-order valence-electron chi connectivity index (χ1n) is 7.36. The van der Waals surface area contributed by atoms with Gasteiger partial charge in [-0.2, -0.15) is 0 Å². The molecule has 0 spiro atoms. The number of phenolic OH excluding ortho intramolecular Hbond substituents is 1. The van der Waals surface area contributed by atoms with E-state index in [1.807, 2.05) is 0 Å². The van der Waals surface area contributed by atoms with Crippen LogP contribution < -0.4 is 10.6 Å². The molecule has 0 heterocycles. The number of benzene rings is 2. The van der Waals surface area contributed by atoms with Crippen molar-refractivity contribution < 1.29 is 19.8 Å². The molecule has 0 bridgehead atoms. The molecule has 0 saturated heterocycles. The number of aliphatic hydroxyl groups is 1. The maximum atomic E-state index is 12.3. The summed E-state index contributed by atoms with van der Waals surface area (Å²) in [5.41, 5.74) is 1.10. The standard InChI is InChI=1S/C18H18N2O4/c21-11-10-19-18(24)16(12-13-6-8-15(22)9-7-13)20-17(23)14-4-2-1-3-5-14/h1-9,12,21-22H,10-11H2,(H,19,24)(H,20,23)/b16-12-. The first kappa shape index (κ1) is 17.2. The predicted molar refractivity (Wildman–Crippen MR) is 90.1 cm³/mol. The van der Waals surface area contributed by atoms with Crippen molar-refractivity contribution in [2.24, 2.45) is 0 Å². The Morgan fingerprint density at radius 3 is 2.29 bits per heavy atom. The van der Waals surface area contributed by atoms with Gasteiger partial charge in [-0.3, -0.25) is 9.59 Å². The van der Waals surface area contributed by atoms with Crippen LogP contribution in [0.15, 0.2) is 60.3 Å². The molecule has 6 heteroatoms. The van der Waals surface area contributed by atoms with Gasteiger partial charge in [0.1, 0.15) is 11.4 Å². The monoisotopic (exact) mass is 326 g/mol. The SMILES string of the molecule is O=C(NCCO)/C(=C/c1ccc(O)cc1)NC(=O)c1ccccc1. The lowest BCUT2D eigenvalue weighted by molar-refractivity contribution is -0.117. The third-order valence-corrected chi connectivity index (χ3v) is 3.13. The summed E-state index contributed by atoms with van der Waals surface area (Å²) in [6.07, 6.45) is 1.49. The molecule has 0 aromatic heterocycles. The molecule has 124 valence electrons. The van der Waals surface area contributed by atoms with Gasteiger partial charge >= 0.3 is 0 Å². The fourth-order valence-corrected chi connectivity index (χ4v) is 1.94.